The lowest BCUT2D eigenvalue weighted by molar-refractivity contribution is 0.434. The number of halogens is 1. The highest BCUT2D eigenvalue weighted by molar-refractivity contribution is 6.33. The van der Waals surface area contributed by atoms with Crippen LogP contribution in [0.5, 0.6) is 11.5 Å². The van der Waals surface area contributed by atoms with Crippen molar-refractivity contribution in [2.45, 2.75) is 19.9 Å². The van der Waals surface area contributed by atoms with Crippen LogP contribution in [0.3, 0.4) is 0 Å². The molecule has 3 N–H and O–H groups in total. The molecule has 0 saturated carbocycles. The Bertz CT molecular complexity index is 558. The van der Waals surface area contributed by atoms with Crippen LogP contribution in [-0.4, -0.2) is 10.2 Å². The van der Waals surface area contributed by atoms with Crippen molar-refractivity contribution in [1.29, 1.82) is 0 Å². The molecule has 100 valence electrons. The molecule has 4 heteroatoms. The van der Waals surface area contributed by atoms with Crippen molar-refractivity contribution in [2.75, 3.05) is 5.32 Å². The fraction of sp³-hybridized carbons (Fsp3) is 0.200. The molecule has 0 saturated heterocycles. The van der Waals surface area contributed by atoms with E-state index in [1.807, 2.05) is 26.0 Å². The van der Waals surface area contributed by atoms with Gasteiger partial charge >= 0.3 is 0 Å². The molecule has 0 heterocycles. The number of rotatable bonds is 3. The normalized spacial score (nSPS) is 12.2. The number of aryl methyl sites for hydroxylation is 1. The number of para-hydroxylation sites is 1. The monoisotopic (exact) mass is 277 g/mol. The quantitative estimate of drug-likeness (QED) is 0.787. The van der Waals surface area contributed by atoms with Crippen LogP contribution in [0, 0.1) is 6.92 Å². The summed E-state index contributed by atoms with van der Waals surface area (Å²) in [5.41, 5.74) is 2.27. The van der Waals surface area contributed by atoms with Crippen LogP contribution in [0.1, 0.15) is 24.1 Å². The molecule has 0 aromatic heterocycles. The van der Waals surface area contributed by atoms with Gasteiger partial charge in [-0.2, -0.15) is 0 Å². The zero-order valence-corrected chi connectivity index (χ0v) is 11.6. The predicted octanol–water partition coefficient (Wildman–Crippen LogP) is 4.23. The average molecular weight is 278 g/mol. The van der Waals surface area contributed by atoms with Gasteiger partial charge in [-0.1, -0.05) is 29.8 Å². The van der Waals surface area contributed by atoms with E-state index in [-0.39, 0.29) is 17.5 Å². The van der Waals surface area contributed by atoms with E-state index in [0.29, 0.717) is 10.6 Å². The topological polar surface area (TPSA) is 52.5 Å². The summed E-state index contributed by atoms with van der Waals surface area (Å²) in [5, 5.41) is 23.5. The highest BCUT2D eigenvalue weighted by Crippen LogP contribution is 2.36. The summed E-state index contributed by atoms with van der Waals surface area (Å²) in [7, 11) is 0. The molecule has 19 heavy (non-hydrogen) atoms. The number of aromatic hydroxyl groups is 2. The van der Waals surface area contributed by atoms with E-state index in [1.165, 1.54) is 0 Å². The van der Waals surface area contributed by atoms with Gasteiger partial charge in [-0.15, -0.1) is 0 Å². The third-order valence-electron chi connectivity index (χ3n) is 3.08. The van der Waals surface area contributed by atoms with Gasteiger partial charge in [-0.05, 0) is 37.6 Å². The van der Waals surface area contributed by atoms with Gasteiger partial charge in [0.2, 0.25) is 0 Å². The summed E-state index contributed by atoms with van der Waals surface area (Å²) >= 11 is 6.15. The Morgan fingerprint density at radius 3 is 2.21 bits per heavy atom. The van der Waals surface area contributed by atoms with Crippen molar-refractivity contribution in [2.24, 2.45) is 0 Å². The second-order valence-corrected chi connectivity index (χ2v) is 4.91. The van der Waals surface area contributed by atoms with E-state index in [4.69, 9.17) is 11.6 Å². The molecule has 0 aliphatic rings. The molecule has 0 amide bonds. The number of nitrogens with one attached hydrogen (secondary N) is 1. The summed E-state index contributed by atoms with van der Waals surface area (Å²) in [6.45, 7) is 3.81. The van der Waals surface area contributed by atoms with E-state index >= 15 is 0 Å². The first-order valence-corrected chi connectivity index (χ1v) is 6.41. The lowest BCUT2D eigenvalue weighted by Gasteiger charge is -2.20. The molecule has 0 spiro atoms. The second-order valence-electron chi connectivity index (χ2n) is 4.51. The van der Waals surface area contributed by atoms with Gasteiger partial charge in [-0.3, -0.25) is 0 Å². The fourth-order valence-electron chi connectivity index (χ4n) is 2.09. The molecule has 2 rings (SSSR count). The molecule has 0 radical (unpaired) electrons. The van der Waals surface area contributed by atoms with Gasteiger partial charge in [0.15, 0.2) is 0 Å². The van der Waals surface area contributed by atoms with Crippen LogP contribution in [0.15, 0.2) is 36.4 Å². The maximum absolute atomic E-state index is 9.85. The minimum atomic E-state index is -0.264. The maximum atomic E-state index is 9.85. The number of benzene rings is 2. The zero-order chi connectivity index (χ0) is 14.0. The molecule has 0 aliphatic heterocycles. The van der Waals surface area contributed by atoms with E-state index in [1.54, 1.807) is 24.3 Å². The molecule has 0 fully saturated rings. The van der Waals surface area contributed by atoms with Gasteiger partial charge in [0.05, 0.1) is 22.3 Å². The predicted molar refractivity (Wildman–Crippen MR) is 78.0 cm³/mol. The average Bonchev–Trinajstić information content (AvgIpc) is 2.34. The van der Waals surface area contributed by atoms with Crippen molar-refractivity contribution in [1.82, 2.24) is 0 Å². The fourth-order valence-corrected chi connectivity index (χ4v) is 2.36. The largest absolute Gasteiger partial charge is 0.507 e. The van der Waals surface area contributed by atoms with Gasteiger partial charge in [0, 0.05) is 0 Å². The van der Waals surface area contributed by atoms with Crippen LogP contribution >= 0.6 is 11.6 Å². The van der Waals surface area contributed by atoms with E-state index < -0.39 is 0 Å². The molecular formula is C15H16ClNO2. The Labute approximate surface area is 117 Å². The second kappa shape index (κ2) is 5.41. The van der Waals surface area contributed by atoms with E-state index in [9.17, 15) is 10.2 Å². The molecule has 3 nitrogen and oxygen atoms in total. The number of phenols is 2. The van der Waals surface area contributed by atoms with Gasteiger partial charge in [0.25, 0.3) is 0 Å². The first-order valence-electron chi connectivity index (χ1n) is 6.03. The lowest BCUT2D eigenvalue weighted by atomic mass is 10.0. The molecule has 1 unspecified atom stereocenters. The number of hydrogen-bond acceptors (Lipinski definition) is 3. The van der Waals surface area contributed by atoms with Crippen LogP contribution in [0.4, 0.5) is 5.69 Å². The highest BCUT2D eigenvalue weighted by atomic mass is 35.5. The van der Waals surface area contributed by atoms with Crippen LogP contribution in [-0.2, 0) is 0 Å². The van der Waals surface area contributed by atoms with E-state index in [0.717, 1.165) is 11.3 Å². The smallest absolute Gasteiger partial charge is 0.124 e. The summed E-state index contributed by atoms with van der Waals surface area (Å²) < 4.78 is 0. The van der Waals surface area contributed by atoms with E-state index in [2.05, 4.69) is 5.32 Å². The van der Waals surface area contributed by atoms with Gasteiger partial charge in [0.1, 0.15) is 11.5 Å². The standard InChI is InChI=1S/C15H16ClNO2/c1-9-5-3-6-11(16)15(9)17-10(2)14-12(18)7-4-8-13(14)19/h3-8,10,17-19H,1-2H3. The molecule has 2 aromatic carbocycles. The molecule has 0 aliphatic carbocycles. The van der Waals surface area contributed by atoms with Crippen molar-refractivity contribution in [3.05, 3.63) is 52.5 Å². The summed E-state index contributed by atoms with van der Waals surface area (Å²) in [5.74, 6) is 0.120. The highest BCUT2D eigenvalue weighted by Gasteiger charge is 2.16. The first-order chi connectivity index (χ1) is 9.00. The minimum absolute atomic E-state index is 0.0599. The van der Waals surface area contributed by atoms with Crippen LogP contribution in [0.25, 0.3) is 0 Å². The Balaban J connectivity index is 2.34. The number of hydrogen-bond donors (Lipinski definition) is 3. The molecule has 1 atom stereocenters. The zero-order valence-electron chi connectivity index (χ0n) is 10.8. The minimum Gasteiger partial charge on any atom is -0.507 e. The summed E-state index contributed by atoms with van der Waals surface area (Å²) in [4.78, 5) is 0. The lowest BCUT2D eigenvalue weighted by Crippen LogP contribution is -2.08. The third-order valence-corrected chi connectivity index (χ3v) is 3.39. The Morgan fingerprint density at radius 1 is 1.05 bits per heavy atom. The van der Waals surface area contributed by atoms with Crippen molar-refractivity contribution in [3.63, 3.8) is 0 Å². The van der Waals surface area contributed by atoms with Crippen molar-refractivity contribution >= 4 is 17.3 Å². The van der Waals surface area contributed by atoms with Crippen molar-refractivity contribution < 1.29 is 10.2 Å². The SMILES string of the molecule is Cc1cccc(Cl)c1NC(C)c1c(O)cccc1O. The van der Waals surface area contributed by atoms with Crippen LogP contribution < -0.4 is 5.32 Å². The Morgan fingerprint density at radius 2 is 1.63 bits per heavy atom. The maximum Gasteiger partial charge on any atom is 0.124 e. The molecule has 0 bridgehead atoms. The Hall–Kier alpha value is -1.87. The third kappa shape index (κ3) is 2.76. The van der Waals surface area contributed by atoms with Gasteiger partial charge in [-0.25, -0.2) is 0 Å². The number of anilines is 1. The number of phenolic OH excluding ortho intramolecular Hbond substituents is 2. The Kier molecular flexibility index (Phi) is 3.86. The van der Waals surface area contributed by atoms with Crippen LogP contribution in [0.2, 0.25) is 5.02 Å². The first kappa shape index (κ1) is 13.6. The van der Waals surface area contributed by atoms with Gasteiger partial charge < -0.3 is 15.5 Å². The molecular weight excluding hydrogens is 262 g/mol. The molecule has 2 aromatic rings. The van der Waals surface area contributed by atoms with Crippen molar-refractivity contribution in [3.8, 4) is 11.5 Å². The summed E-state index contributed by atoms with van der Waals surface area (Å²) in [6, 6.07) is 10.1. The summed E-state index contributed by atoms with van der Waals surface area (Å²) in [6.07, 6.45) is 0.